The first kappa shape index (κ1) is 25.8. The van der Waals surface area contributed by atoms with E-state index in [4.69, 9.17) is 18.9 Å². The molecule has 0 heterocycles. The van der Waals surface area contributed by atoms with Gasteiger partial charge in [-0.15, -0.1) is 0 Å². The quantitative estimate of drug-likeness (QED) is 0.203. The molecule has 8 nitrogen and oxygen atoms in total. The lowest BCUT2D eigenvalue weighted by atomic mass is 10.1. The van der Waals surface area contributed by atoms with E-state index in [-0.39, 0.29) is 17.2 Å². The fourth-order valence-electron chi connectivity index (χ4n) is 3.09. The van der Waals surface area contributed by atoms with Crippen molar-refractivity contribution in [3.8, 4) is 28.7 Å². The van der Waals surface area contributed by atoms with E-state index in [1.54, 1.807) is 66.8 Å². The first-order chi connectivity index (χ1) is 17.2. The molecule has 3 aromatic carbocycles. The van der Waals surface area contributed by atoms with Gasteiger partial charge in [-0.05, 0) is 59.2 Å². The number of phenols is 1. The summed E-state index contributed by atoms with van der Waals surface area (Å²) in [7, 11) is 1.44. The molecule has 0 aliphatic rings. The van der Waals surface area contributed by atoms with Crippen LogP contribution in [0.5, 0.6) is 28.7 Å². The van der Waals surface area contributed by atoms with Gasteiger partial charge < -0.3 is 24.1 Å². The summed E-state index contributed by atoms with van der Waals surface area (Å²) >= 11 is 0. The van der Waals surface area contributed by atoms with Crippen LogP contribution in [0.2, 0.25) is 0 Å². The van der Waals surface area contributed by atoms with Gasteiger partial charge in [0, 0.05) is 26.0 Å². The molecule has 0 fully saturated rings. The summed E-state index contributed by atoms with van der Waals surface area (Å²) in [5.74, 6) is -0.378. The molecule has 8 heteroatoms. The van der Waals surface area contributed by atoms with Crippen LogP contribution in [0.3, 0.4) is 0 Å². The third-order valence-electron chi connectivity index (χ3n) is 4.61. The third-order valence-corrected chi connectivity index (χ3v) is 4.61. The molecule has 3 rings (SSSR count). The van der Waals surface area contributed by atoms with Crippen LogP contribution in [0.1, 0.15) is 30.5 Å². The van der Waals surface area contributed by atoms with Gasteiger partial charge in [0.05, 0.1) is 7.11 Å². The highest BCUT2D eigenvalue weighted by molar-refractivity contribution is 5.89. The van der Waals surface area contributed by atoms with Crippen LogP contribution in [0.25, 0.3) is 18.2 Å². The smallest absolute Gasteiger partial charge is 0.336 e. The number of hydrogen-bond acceptors (Lipinski definition) is 8. The monoisotopic (exact) mass is 488 g/mol. The zero-order valence-electron chi connectivity index (χ0n) is 19.9. The Hall–Kier alpha value is -4.85. The van der Waals surface area contributed by atoms with Crippen molar-refractivity contribution in [2.75, 3.05) is 7.11 Å². The van der Waals surface area contributed by atoms with Gasteiger partial charge in [-0.3, -0.25) is 9.59 Å². The molecule has 0 radical (unpaired) electrons. The summed E-state index contributed by atoms with van der Waals surface area (Å²) in [6.45, 7) is 2.56. The second-order valence-corrected chi connectivity index (χ2v) is 7.51. The first-order valence-electron chi connectivity index (χ1n) is 10.8. The fraction of sp³-hybridized carbons (Fsp3) is 0.107. The lowest BCUT2D eigenvalue weighted by Gasteiger charge is -2.07. The Morgan fingerprint density at radius 3 is 1.83 bits per heavy atom. The number of carbonyl (C=O) groups excluding carboxylic acids is 3. The summed E-state index contributed by atoms with van der Waals surface area (Å²) in [5.41, 5.74) is 2.13. The maximum Gasteiger partial charge on any atom is 0.336 e. The molecular weight excluding hydrogens is 464 g/mol. The Balaban J connectivity index is 1.66. The first-order valence-corrected chi connectivity index (χ1v) is 10.8. The van der Waals surface area contributed by atoms with Crippen LogP contribution in [0.4, 0.5) is 0 Å². The Kier molecular flexibility index (Phi) is 8.61. The van der Waals surface area contributed by atoms with Gasteiger partial charge >= 0.3 is 17.9 Å². The predicted molar refractivity (Wildman–Crippen MR) is 134 cm³/mol. The number of benzene rings is 3. The molecule has 0 bridgehead atoms. The lowest BCUT2D eigenvalue weighted by molar-refractivity contribution is -0.132. The van der Waals surface area contributed by atoms with E-state index in [0.717, 1.165) is 5.56 Å². The van der Waals surface area contributed by atoms with Gasteiger partial charge in [-0.2, -0.15) is 0 Å². The maximum atomic E-state index is 12.1. The minimum absolute atomic E-state index is 0.00768. The molecule has 0 saturated carbocycles. The average Bonchev–Trinajstić information content (AvgIpc) is 2.82. The number of hydrogen-bond donors (Lipinski definition) is 1. The standard InChI is InChI=1S/C28H24O8/c1-18(29)34-24-14-22(15-25(17-24)35-19(2)30)5-4-20-6-10-23(11-7-20)36-28(32)13-9-21-8-12-26(31)27(16-21)33-3/h4-17,31H,1-3H3. The highest BCUT2D eigenvalue weighted by Gasteiger charge is 2.07. The zero-order valence-corrected chi connectivity index (χ0v) is 19.9. The van der Waals surface area contributed by atoms with Crippen LogP contribution in [0, 0.1) is 0 Å². The molecule has 0 saturated heterocycles. The predicted octanol–water partition coefficient (Wildman–Crippen LogP) is 5.04. The van der Waals surface area contributed by atoms with Crippen LogP contribution in [0.15, 0.2) is 66.7 Å². The molecule has 0 aromatic heterocycles. The number of rotatable bonds is 8. The Labute approximate surface area is 208 Å². The molecule has 3 aromatic rings. The molecule has 0 spiro atoms. The number of esters is 3. The normalized spacial score (nSPS) is 10.9. The van der Waals surface area contributed by atoms with Crippen LogP contribution in [-0.4, -0.2) is 30.1 Å². The number of methoxy groups -OCH3 is 1. The second-order valence-electron chi connectivity index (χ2n) is 7.51. The Morgan fingerprint density at radius 2 is 1.25 bits per heavy atom. The van der Waals surface area contributed by atoms with Crippen LogP contribution in [-0.2, 0) is 14.4 Å². The van der Waals surface area contributed by atoms with Crippen LogP contribution < -0.4 is 18.9 Å². The largest absolute Gasteiger partial charge is 0.504 e. The van der Waals surface area contributed by atoms with Crippen molar-refractivity contribution in [3.63, 3.8) is 0 Å². The van der Waals surface area contributed by atoms with E-state index in [0.29, 0.717) is 22.6 Å². The third kappa shape index (κ3) is 7.88. The summed E-state index contributed by atoms with van der Waals surface area (Å²) < 4.78 is 20.6. The Bertz CT molecular complexity index is 1290. The number of carbonyl (C=O) groups is 3. The molecule has 0 atom stereocenters. The molecular formula is C28H24O8. The minimum atomic E-state index is -0.564. The molecule has 0 unspecified atom stereocenters. The fourth-order valence-corrected chi connectivity index (χ4v) is 3.09. The SMILES string of the molecule is COc1cc(C=CC(=O)Oc2ccc(C=Cc3cc(OC(C)=O)cc(OC(C)=O)c3)cc2)ccc1O. The van der Waals surface area contributed by atoms with E-state index in [1.807, 2.05) is 0 Å². The molecule has 184 valence electrons. The number of phenolic OH excluding ortho intramolecular Hbond substituents is 1. The van der Waals surface area contributed by atoms with Gasteiger partial charge in [0.25, 0.3) is 0 Å². The number of aromatic hydroxyl groups is 1. The second kappa shape index (κ2) is 12.0. The van der Waals surface area contributed by atoms with E-state index >= 15 is 0 Å². The summed E-state index contributed by atoms with van der Waals surface area (Å²) in [5, 5.41) is 9.64. The minimum Gasteiger partial charge on any atom is -0.504 e. The molecule has 0 amide bonds. The molecule has 0 aliphatic carbocycles. The highest BCUT2D eigenvalue weighted by atomic mass is 16.5. The van der Waals surface area contributed by atoms with Gasteiger partial charge in [0.1, 0.15) is 17.2 Å². The maximum absolute atomic E-state index is 12.1. The van der Waals surface area contributed by atoms with Crippen molar-refractivity contribution in [1.82, 2.24) is 0 Å². The molecule has 0 aliphatic heterocycles. The summed E-state index contributed by atoms with van der Waals surface area (Å²) in [6, 6.07) is 16.2. The van der Waals surface area contributed by atoms with E-state index < -0.39 is 17.9 Å². The van der Waals surface area contributed by atoms with Crippen molar-refractivity contribution < 1.29 is 38.4 Å². The van der Waals surface area contributed by atoms with Crippen molar-refractivity contribution in [1.29, 1.82) is 0 Å². The van der Waals surface area contributed by atoms with E-state index in [9.17, 15) is 19.5 Å². The molecule has 1 N–H and O–H groups in total. The van der Waals surface area contributed by atoms with Gasteiger partial charge in [0.2, 0.25) is 0 Å². The van der Waals surface area contributed by atoms with Crippen molar-refractivity contribution in [2.24, 2.45) is 0 Å². The number of ether oxygens (including phenoxy) is 4. The van der Waals surface area contributed by atoms with Gasteiger partial charge in [0.15, 0.2) is 11.5 Å². The lowest BCUT2D eigenvalue weighted by Crippen LogP contribution is -2.04. The highest BCUT2D eigenvalue weighted by Crippen LogP contribution is 2.27. The zero-order chi connectivity index (χ0) is 26.1. The average molecular weight is 488 g/mol. The van der Waals surface area contributed by atoms with Crippen molar-refractivity contribution >= 4 is 36.1 Å². The molecule has 36 heavy (non-hydrogen) atoms. The van der Waals surface area contributed by atoms with E-state index in [1.165, 1.54) is 39.2 Å². The van der Waals surface area contributed by atoms with Crippen molar-refractivity contribution in [3.05, 3.63) is 83.4 Å². The van der Waals surface area contributed by atoms with Gasteiger partial charge in [-0.1, -0.05) is 30.4 Å². The van der Waals surface area contributed by atoms with Crippen molar-refractivity contribution in [2.45, 2.75) is 13.8 Å². The Morgan fingerprint density at radius 1 is 0.667 bits per heavy atom. The summed E-state index contributed by atoms with van der Waals surface area (Å²) in [6.07, 6.45) is 6.38. The summed E-state index contributed by atoms with van der Waals surface area (Å²) in [4.78, 5) is 34.7. The van der Waals surface area contributed by atoms with Gasteiger partial charge in [-0.25, -0.2) is 4.79 Å². The van der Waals surface area contributed by atoms with Crippen LogP contribution >= 0.6 is 0 Å². The topological polar surface area (TPSA) is 108 Å². The van der Waals surface area contributed by atoms with E-state index in [2.05, 4.69) is 0 Å².